The Bertz CT molecular complexity index is 793. The zero-order chi connectivity index (χ0) is 31.2. The van der Waals surface area contributed by atoms with E-state index < -0.39 is 74.2 Å². The van der Waals surface area contributed by atoms with Crippen molar-refractivity contribution in [3.63, 3.8) is 0 Å². The van der Waals surface area contributed by atoms with Gasteiger partial charge in [-0.15, -0.1) is 0 Å². The third-order valence-corrected chi connectivity index (χ3v) is 3.48. The van der Waals surface area contributed by atoms with E-state index in [0.717, 1.165) is 0 Å². The number of methoxy groups -OCH3 is 1. The third kappa shape index (κ3) is 7.53. The van der Waals surface area contributed by atoms with Gasteiger partial charge in [0.15, 0.2) is 0 Å². The van der Waals surface area contributed by atoms with Gasteiger partial charge < -0.3 is 4.74 Å². The van der Waals surface area contributed by atoms with Crippen LogP contribution in [0.4, 0.5) is 87.8 Å². The summed E-state index contributed by atoms with van der Waals surface area (Å²) in [7, 11) is -0.275. The Labute approximate surface area is 194 Å². The molecule has 38 heavy (non-hydrogen) atoms. The number of alkyl halides is 20. The van der Waals surface area contributed by atoms with E-state index in [-0.39, 0.29) is 7.11 Å². The Balaban J connectivity index is 6.86. The molecule has 0 fully saturated rings. The van der Waals surface area contributed by atoms with Crippen LogP contribution in [0.25, 0.3) is 0 Å². The largest absolute Gasteiger partial charge is 0.451 e. The topological polar surface area (TPSA) is 46.2 Å². The Kier molecular flexibility index (Phi) is 9.98. The second kappa shape index (κ2) is 10.4. The second-order valence-corrected chi connectivity index (χ2v) is 6.46. The molecule has 0 aliphatic rings. The van der Waals surface area contributed by atoms with E-state index in [9.17, 15) is 87.8 Å². The molecular weight excluding hydrogens is 616 g/mol. The Hall–Kier alpha value is -1.60. The zero-order valence-corrected chi connectivity index (χ0v) is 17.3. The van der Waals surface area contributed by atoms with Gasteiger partial charge in [-0.25, -0.2) is 13.2 Å². The van der Waals surface area contributed by atoms with Crippen LogP contribution < -0.4 is 0 Å². The van der Waals surface area contributed by atoms with E-state index in [2.05, 4.69) is 4.74 Å². The van der Waals surface area contributed by atoms with Gasteiger partial charge >= 0.3 is 54.6 Å². The van der Waals surface area contributed by atoms with Crippen molar-refractivity contribution in [1.29, 1.82) is 0 Å². The summed E-state index contributed by atoms with van der Waals surface area (Å²) in [4.78, 5) is 0. The maximum absolute atomic E-state index is 14.5. The molecule has 0 aromatic carbocycles. The fraction of sp³-hybridized carbons (Fsp3) is 1.00. The number of hydrogen-bond acceptors (Lipinski definition) is 5. The maximum atomic E-state index is 14.5. The van der Waals surface area contributed by atoms with Crippen molar-refractivity contribution in [3.8, 4) is 0 Å². The lowest BCUT2D eigenvalue weighted by Crippen LogP contribution is -2.67. The van der Waals surface area contributed by atoms with E-state index in [0.29, 0.717) is 0 Å². The van der Waals surface area contributed by atoms with Gasteiger partial charge in [0, 0.05) is 14.0 Å². The van der Waals surface area contributed by atoms with Gasteiger partial charge in [0.25, 0.3) is 12.7 Å². The quantitative estimate of drug-likeness (QED) is 0.213. The van der Waals surface area contributed by atoms with Crippen LogP contribution in [0.1, 0.15) is 6.92 Å². The van der Waals surface area contributed by atoms with Crippen molar-refractivity contribution >= 4 is 0 Å². The molecule has 5 nitrogen and oxygen atoms in total. The molecule has 0 saturated carbocycles. The van der Waals surface area contributed by atoms with Crippen molar-refractivity contribution in [2.75, 3.05) is 7.11 Å². The number of rotatable bonds is 13. The molecule has 4 unspecified atom stereocenters. The smallest absolute Gasteiger partial charge is 0.320 e. The van der Waals surface area contributed by atoms with Crippen molar-refractivity contribution in [2.45, 2.75) is 74.2 Å². The summed E-state index contributed by atoms with van der Waals surface area (Å²) < 4.78 is 272. The average Bonchev–Trinajstić information content (AvgIpc) is 2.63. The normalized spacial score (nSPS) is 20.1. The molecule has 0 bridgehead atoms. The zero-order valence-electron chi connectivity index (χ0n) is 17.3. The minimum absolute atomic E-state index is 0.275. The summed E-state index contributed by atoms with van der Waals surface area (Å²) >= 11 is 0. The first kappa shape index (κ1) is 36.4. The highest BCUT2D eigenvalue weighted by Crippen LogP contribution is 2.55. The van der Waals surface area contributed by atoms with Crippen LogP contribution >= 0.6 is 0 Å². The van der Waals surface area contributed by atoms with Crippen LogP contribution in [0.5, 0.6) is 0 Å². The molecule has 0 amide bonds. The van der Waals surface area contributed by atoms with Crippen molar-refractivity contribution in [1.82, 2.24) is 0 Å². The summed E-state index contributed by atoms with van der Waals surface area (Å²) in [6.45, 7) is -1.15. The van der Waals surface area contributed by atoms with Gasteiger partial charge in [-0.1, -0.05) is 0 Å². The van der Waals surface area contributed by atoms with E-state index in [1.165, 1.54) is 0 Å². The minimum Gasteiger partial charge on any atom is -0.320 e. The van der Waals surface area contributed by atoms with Gasteiger partial charge in [0.1, 0.15) is 0 Å². The first-order valence-corrected chi connectivity index (χ1v) is 8.22. The molecule has 0 aromatic heterocycles. The molecule has 4 atom stereocenters. The van der Waals surface area contributed by atoms with Gasteiger partial charge in [-0.2, -0.15) is 74.6 Å². The molecule has 0 saturated heterocycles. The SMILES string of the molecule is COC(F)(F)C(F)OC(F)(F)C(F)(OC(F)(F)C(F)(F)OC(C)(F)C(F)(F)F)C(F)(F)OC(F)C(F)(F)F. The summed E-state index contributed by atoms with van der Waals surface area (Å²) in [5, 5.41) is 0. The van der Waals surface area contributed by atoms with Crippen LogP contribution in [-0.4, -0.2) is 74.4 Å². The molecule has 0 N–H and O–H groups in total. The van der Waals surface area contributed by atoms with Crippen molar-refractivity contribution in [2.24, 2.45) is 0 Å². The summed E-state index contributed by atoms with van der Waals surface area (Å²) in [6, 6.07) is 0. The molecule has 0 heterocycles. The van der Waals surface area contributed by atoms with Crippen molar-refractivity contribution in [3.05, 3.63) is 0 Å². The fourth-order valence-electron chi connectivity index (χ4n) is 1.52. The highest BCUT2D eigenvalue weighted by Gasteiger charge is 2.82. The molecule has 0 rings (SSSR count). The van der Waals surface area contributed by atoms with Crippen LogP contribution in [-0.2, 0) is 23.7 Å². The average molecular weight is 624 g/mol. The van der Waals surface area contributed by atoms with Crippen LogP contribution in [0.3, 0.4) is 0 Å². The maximum Gasteiger partial charge on any atom is 0.451 e. The number of ether oxygens (including phenoxy) is 5. The van der Waals surface area contributed by atoms with Crippen LogP contribution in [0.15, 0.2) is 0 Å². The van der Waals surface area contributed by atoms with E-state index in [1.807, 2.05) is 9.47 Å². The first-order chi connectivity index (χ1) is 16.2. The van der Waals surface area contributed by atoms with Crippen LogP contribution in [0.2, 0.25) is 0 Å². The highest BCUT2D eigenvalue weighted by molar-refractivity contribution is 4.92. The predicted molar refractivity (Wildman–Crippen MR) is 71.3 cm³/mol. The molecule has 0 aliphatic heterocycles. The van der Waals surface area contributed by atoms with E-state index >= 15 is 0 Å². The fourth-order valence-corrected chi connectivity index (χ4v) is 1.52. The Morgan fingerprint density at radius 3 is 1.16 bits per heavy atom. The molecule has 25 heteroatoms. The van der Waals surface area contributed by atoms with Crippen LogP contribution in [0, 0.1) is 0 Å². The lowest BCUT2D eigenvalue weighted by atomic mass is 10.2. The van der Waals surface area contributed by atoms with E-state index in [4.69, 9.17) is 0 Å². The highest BCUT2D eigenvalue weighted by atomic mass is 19.4. The summed E-state index contributed by atoms with van der Waals surface area (Å²) in [5.74, 6) is -14.0. The molecule has 0 spiro atoms. The van der Waals surface area contributed by atoms with Gasteiger partial charge in [-0.3, -0.25) is 18.9 Å². The number of hydrogen-bond donors (Lipinski definition) is 0. The Morgan fingerprint density at radius 2 is 0.842 bits per heavy atom. The molecule has 230 valence electrons. The summed E-state index contributed by atoms with van der Waals surface area (Å²) in [6.07, 6.45) is -61.2. The van der Waals surface area contributed by atoms with Gasteiger partial charge in [0.05, 0.1) is 0 Å². The molecule has 0 radical (unpaired) electrons. The summed E-state index contributed by atoms with van der Waals surface area (Å²) in [5.41, 5.74) is 0. The van der Waals surface area contributed by atoms with Gasteiger partial charge in [0.2, 0.25) is 0 Å². The molecule has 0 aliphatic carbocycles. The second-order valence-electron chi connectivity index (χ2n) is 6.46. The molecule has 0 aromatic rings. The van der Waals surface area contributed by atoms with E-state index in [1.54, 1.807) is 9.47 Å². The third-order valence-electron chi connectivity index (χ3n) is 3.48. The minimum atomic E-state index is -8.01. The monoisotopic (exact) mass is 624 g/mol. The van der Waals surface area contributed by atoms with Crippen molar-refractivity contribution < 1.29 is 111 Å². The van der Waals surface area contributed by atoms with Gasteiger partial charge in [-0.05, 0) is 0 Å². The Morgan fingerprint density at radius 1 is 0.500 bits per heavy atom. The lowest BCUT2D eigenvalue weighted by molar-refractivity contribution is -0.575. The predicted octanol–water partition coefficient (Wildman–Crippen LogP) is 6.73. The first-order valence-electron chi connectivity index (χ1n) is 8.22. The molecular formula is C13H8F20O5. The number of halogens is 20. The standard InChI is InChI=1S/C13H8F20O5/c1-5(16,9(23,24)25)37-12(30,31)13(32,33)38-8(22,10(26,27)35-3(14)6(17,18)19)11(28,29)36-4(15)7(20,21)34-2/h3-4H,1-2H3. The lowest BCUT2D eigenvalue weighted by Gasteiger charge is -2.41.